The van der Waals surface area contributed by atoms with Crippen molar-refractivity contribution in [1.29, 1.82) is 0 Å². The Morgan fingerprint density at radius 3 is 1.76 bits per heavy atom. The summed E-state index contributed by atoms with van der Waals surface area (Å²) >= 11 is 0. The minimum Gasteiger partial charge on any atom is -0.487 e. The number of ether oxygens (including phenoxy) is 3. The van der Waals surface area contributed by atoms with Crippen molar-refractivity contribution in [2.45, 2.75) is 65.3 Å². The molecular weight excluding hydrogens is 576 g/mol. The number of carbonyl (C=O) groups is 2. The number of anilines is 1. The van der Waals surface area contributed by atoms with E-state index in [2.05, 4.69) is 40.7 Å². The van der Waals surface area contributed by atoms with Gasteiger partial charge in [0.25, 0.3) is 0 Å². The number of rotatable bonds is 11. The molecular formula is C39H45N2O5+. The molecule has 0 atom stereocenters. The molecule has 7 heteroatoms. The van der Waals surface area contributed by atoms with Gasteiger partial charge in [0.2, 0.25) is 0 Å². The standard InChI is InChI=1S/C39H45N2O5/c1-6-29-7-9-30(10-8-29)31-11-13-32(14-12-31)38(42)45-36-19-20-37(28(3)27(36)2)46-39(43)33-15-17-35(18-16-33)44-26-25-41-23-21-34(22-24-41)40(4)5/h11-24,29-30H,6-10,25-26H2,1-5H3/q+1. The molecule has 0 N–H and O–H groups in total. The van der Waals surface area contributed by atoms with E-state index < -0.39 is 11.9 Å². The van der Waals surface area contributed by atoms with Crippen LogP contribution in [0.15, 0.2) is 85.2 Å². The maximum atomic E-state index is 13.0. The lowest BCUT2D eigenvalue weighted by Gasteiger charge is -2.28. The molecule has 0 unspecified atom stereocenters. The number of esters is 2. The van der Waals surface area contributed by atoms with Gasteiger partial charge in [-0.05, 0) is 117 Å². The molecule has 240 valence electrons. The second kappa shape index (κ2) is 15.1. The molecule has 1 saturated carbocycles. The van der Waals surface area contributed by atoms with Gasteiger partial charge in [-0.3, -0.25) is 0 Å². The van der Waals surface area contributed by atoms with Crippen molar-refractivity contribution in [3.63, 3.8) is 0 Å². The van der Waals surface area contributed by atoms with Crippen molar-refractivity contribution < 1.29 is 28.4 Å². The van der Waals surface area contributed by atoms with Gasteiger partial charge in [-0.2, -0.15) is 0 Å². The van der Waals surface area contributed by atoms with Crippen LogP contribution in [0.1, 0.15) is 82.4 Å². The van der Waals surface area contributed by atoms with E-state index in [0.717, 1.165) is 22.7 Å². The Morgan fingerprint density at radius 2 is 1.26 bits per heavy atom. The van der Waals surface area contributed by atoms with Gasteiger partial charge < -0.3 is 19.1 Å². The Kier molecular flexibility index (Phi) is 10.7. The van der Waals surface area contributed by atoms with E-state index in [1.807, 2.05) is 52.5 Å². The highest BCUT2D eigenvalue weighted by atomic mass is 16.5. The third-order valence-electron chi connectivity index (χ3n) is 9.23. The number of benzene rings is 3. The van der Waals surface area contributed by atoms with Gasteiger partial charge in [0.15, 0.2) is 18.9 Å². The SMILES string of the molecule is CCC1CCC(c2ccc(C(=O)Oc3ccc(OC(=O)c4ccc(OCC[n+]5ccc(N(C)C)cc5)cc4)c(C)c3C)cc2)CC1. The molecule has 0 aliphatic heterocycles. The van der Waals surface area contributed by atoms with Crippen molar-refractivity contribution in [1.82, 2.24) is 0 Å². The van der Waals surface area contributed by atoms with Gasteiger partial charge in [-0.25, -0.2) is 14.2 Å². The molecule has 1 aliphatic rings. The highest BCUT2D eigenvalue weighted by Crippen LogP contribution is 2.37. The molecule has 1 fully saturated rings. The molecule has 4 aromatic rings. The molecule has 0 saturated heterocycles. The second-order valence-electron chi connectivity index (χ2n) is 12.4. The second-order valence-corrected chi connectivity index (χ2v) is 12.4. The van der Waals surface area contributed by atoms with Crippen molar-refractivity contribution in [3.8, 4) is 17.2 Å². The predicted octanol–water partition coefficient (Wildman–Crippen LogP) is 7.86. The third-order valence-corrected chi connectivity index (χ3v) is 9.23. The van der Waals surface area contributed by atoms with Crippen LogP contribution in [0.2, 0.25) is 0 Å². The fraction of sp³-hybridized carbons (Fsp3) is 0.359. The molecule has 46 heavy (non-hydrogen) atoms. The van der Waals surface area contributed by atoms with Gasteiger partial charge >= 0.3 is 11.9 Å². The summed E-state index contributed by atoms with van der Waals surface area (Å²) in [6.07, 6.45) is 10.3. The van der Waals surface area contributed by atoms with Crippen LogP contribution in [0, 0.1) is 19.8 Å². The molecule has 0 amide bonds. The monoisotopic (exact) mass is 621 g/mol. The Morgan fingerprint density at radius 1 is 0.739 bits per heavy atom. The summed E-state index contributed by atoms with van der Waals surface area (Å²) in [4.78, 5) is 28.0. The summed E-state index contributed by atoms with van der Waals surface area (Å²) in [5, 5.41) is 0. The molecule has 0 radical (unpaired) electrons. The number of aromatic nitrogens is 1. The van der Waals surface area contributed by atoms with Crippen molar-refractivity contribution >= 4 is 17.6 Å². The summed E-state index contributed by atoms with van der Waals surface area (Å²) in [6, 6.07) is 22.2. The molecule has 3 aromatic carbocycles. The number of nitrogens with zero attached hydrogens (tertiary/aromatic N) is 2. The molecule has 1 heterocycles. The first-order chi connectivity index (χ1) is 22.2. The molecule has 0 spiro atoms. The maximum absolute atomic E-state index is 13.0. The zero-order valence-corrected chi connectivity index (χ0v) is 27.6. The zero-order chi connectivity index (χ0) is 32.6. The predicted molar refractivity (Wildman–Crippen MR) is 180 cm³/mol. The summed E-state index contributed by atoms with van der Waals surface area (Å²) in [7, 11) is 4.02. The van der Waals surface area contributed by atoms with E-state index in [0.29, 0.717) is 47.4 Å². The number of hydrogen-bond donors (Lipinski definition) is 0. The highest BCUT2D eigenvalue weighted by molar-refractivity contribution is 5.92. The van der Waals surface area contributed by atoms with Crippen molar-refractivity contribution in [3.05, 3.63) is 113 Å². The fourth-order valence-corrected chi connectivity index (χ4v) is 5.96. The quantitative estimate of drug-likeness (QED) is 0.0965. The first kappa shape index (κ1) is 32.7. The van der Waals surface area contributed by atoms with Crippen LogP contribution in [-0.2, 0) is 6.54 Å². The van der Waals surface area contributed by atoms with Crippen LogP contribution in [0.4, 0.5) is 5.69 Å². The Balaban J connectivity index is 1.13. The maximum Gasteiger partial charge on any atom is 0.343 e. The molecule has 7 nitrogen and oxygen atoms in total. The number of pyridine rings is 1. The molecule has 5 rings (SSSR count). The largest absolute Gasteiger partial charge is 0.487 e. The summed E-state index contributed by atoms with van der Waals surface area (Å²) < 4.78 is 19.4. The third kappa shape index (κ3) is 8.13. The van der Waals surface area contributed by atoms with Crippen LogP contribution in [0.5, 0.6) is 17.2 Å². The molecule has 1 aliphatic carbocycles. The number of carbonyl (C=O) groups excluding carboxylic acids is 2. The highest BCUT2D eigenvalue weighted by Gasteiger charge is 2.22. The van der Waals surface area contributed by atoms with Crippen molar-refractivity contribution in [2.24, 2.45) is 5.92 Å². The van der Waals surface area contributed by atoms with E-state index in [9.17, 15) is 9.59 Å². The van der Waals surface area contributed by atoms with Crippen molar-refractivity contribution in [2.75, 3.05) is 25.6 Å². The van der Waals surface area contributed by atoms with Gasteiger partial charge in [-0.1, -0.05) is 25.5 Å². The minimum absolute atomic E-state index is 0.406. The van der Waals surface area contributed by atoms with Gasteiger partial charge in [0.05, 0.1) is 11.1 Å². The zero-order valence-electron chi connectivity index (χ0n) is 27.6. The van der Waals surface area contributed by atoms with Gasteiger partial charge in [0, 0.05) is 31.9 Å². The normalized spacial score (nSPS) is 16.0. The van der Waals surface area contributed by atoms with E-state index in [-0.39, 0.29) is 0 Å². The van der Waals surface area contributed by atoms with Crippen LogP contribution < -0.4 is 23.7 Å². The summed E-state index contributed by atoms with van der Waals surface area (Å²) in [5.74, 6) is 2.08. The average Bonchev–Trinajstić information content (AvgIpc) is 3.08. The first-order valence-electron chi connectivity index (χ1n) is 16.3. The average molecular weight is 622 g/mol. The lowest BCUT2D eigenvalue weighted by molar-refractivity contribution is -0.697. The fourth-order valence-electron chi connectivity index (χ4n) is 5.96. The Bertz CT molecular complexity index is 1620. The first-order valence-corrected chi connectivity index (χ1v) is 16.3. The van der Waals surface area contributed by atoms with E-state index >= 15 is 0 Å². The van der Waals surface area contributed by atoms with E-state index in [1.165, 1.54) is 37.7 Å². The van der Waals surface area contributed by atoms with Gasteiger partial charge in [-0.15, -0.1) is 0 Å². The van der Waals surface area contributed by atoms with E-state index in [4.69, 9.17) is 14.2 Å². The molecule has 0 bridgehead atoms. The van der Waals surface area contributed by atoms with Crippen LogP contribution in [0.3, 0.4) is 0 Å². The minimum atomic E-state index is -0.474. The lowest BCUT2D eigenvalue weighted by atomic mass is 9.78. The lowest BCUT2D eigenvalue weighted by Crippen LogP contribution is -2.35. The van der Waals surface area contributed by atoms with Crippen LogP contribution >= 0.6 is 0 Å². The van der Waals surface area contributed by atoms with E-state index in [1.54, 1.807) is 36.4 Å². The van der Waals surface area contributed by atoms with Crippen LogP contribution in [0.25, 0.3) is 0 Å². The smallest absolute Gasteiger partial charge is 0.343 e. The number of hydrogen-bond acceptors (Lipinski definition) is 6. The summed E-state index contributed by atoms with van der Waals surface area (Å²) in [5.41, 5.74) is 4.83. The Labute approximate surface area is 272 Å². The van der Waals surface area contributed by atoms with Gasteiger partial charge in [0.1, 0.15) is 23.9 Å². The summed E-state index contributed by atoms with van der Waals surface area (Å²) in [6.45, 7) is 7.18. The molecule has 1 aromatic heterocycles. The van der Waals surface area contributed by atoms with Crippen LogP contribution in [-0.4, -0.2) is 32.6 Å². The topological polar surface area (TPSA) is 68.9 Å². The Hall–Kier alpha value is -4.65.